The summed E-state index contributed by atoms with van der Waals surface area (Å²) >= 11 is 0. The van der Waals surface area contributed by atoms with Crippen LogP contribution in [-0.4, -0.2) is 84.2 Å². The van der Waals surface area contributed by atoms with Gasteiger partial charge in [0.2, 0.25) is 11.8 Å². The number of hydrazine groups is 2. The number of nitrogens with zero attached hydrogens (tertiary/aromatic N) is 3. The number of halogens is 3. The molecule has 4 saturated heterocycles. The highest BCUT2D eigenvalue weighted by Gasteiger charge is 2.46. The standard InChI is InChI=1S/C23H29F3N6O4/c24-23(25,26)17-3-13(5-27-20(17)36-16-10-35-11-16)22(34)32-8-14-6-31(7-15(14)9-32)21(33)12-1-2-18-19(4-12)29-30-28-18/h3,5,12,14-16,18-19,28-30H,1-2,4,6-11H2/t12?,14-,15-,18?,19?/m0/s1. The fraction of sp³-hybridized carbons (Fsp3) is 0.696. The molecule has 1 aromatic heterocycles. The molecule has 1 saturated carbocycles. The van der Waals surface area contributed by atoms with E-state index < -0.39 is 29.6 Å². The quantitative estimate of drug-likeness (QED) is 0.540. The Bertz CT molecular complexity index is 1020. The number of carbonyl (C=O) groups excluding carboxylic acids is 2. The van der Waals surface area contributed by atoms with Gasteiger partial charge in [-0.15, -0.1) is 0 Å². The summed E-state index contributed by atoms with van der Waals surface area (Å²) in [6.45, 7) is 2.40. The van der Waals surface area contributed by atoms with Crippen LogP contribution in [0.1, 0.15) is 35.2 Å². The second-order valence-electron chi connectivity index (χ2n) is 10.5. The summed E-state index contributed by atoms with van der Waals surface area (Å²) in [6, 6.07) is 1.40. The van der Waals surface area contributed by atoms with E-state index in [1.54, 1.807) is 4.90 Å². The molecular weight excluding hydrogens is 481 g/mol. The first-order valence-electron chi connectivity index (χ1n) is 12.4. The van der Waals surface area contributed by atoms with Gasteiger partial charge in [0.25, 0.3) is 5.91 Å². The monoisotopic (exact) mass is 510 g/mol. The largest absolute Gasteiger partial charge is 0.469 e. The Hall–Kier alpha value is -2.48. The maximum absolute atomic E-state index is 13.6. The Labute approximate surface area is 205 Å². The van der Waals surface area contributed by atoms with Crippen molar-refractivity contribution in [3.63, 3.8) is 0 Å². The number of rotatable bonds is 4. The van der Waals surface area contributed by atoms with Crippen molar-refractivity contribution in [1.82, 2.24) is 31.2 Å². The fourth-order valence-corrected chi connectivity index (χ4v) is 6.04. The average Bonchev–Trinajstić information content (AvgIpc) is 3.54. The van der Waals surface area contributed by atoms with Gasteiger partial charge in [0.05, 0.1) is 18.8 Å². The lowest BCUT2D eigenvalue weighted by molar-refractivity contribution is -0.142. The van der Waals surface area contributed by atoms with Crippen molar-refractivity contribution in [3.8, 4) is 5.88 Å². The predicted octanol–water partition coefficient (Wildman–Crippen LogP) is 0.558. The lowest BCUT2D eigenvalue weighted by Gasteiger charge is -2.32. The number of likely N-dealkylation sites (tertiary alicyclic amines) is 2. The molecule has 0 spiro atoms. The molecule has 0 aromatic carbocycles. The fourth-order valence-electron chi connectivity index (χ4n) is 6.04. The van der Waals surface area contributed by atoms with E-state index in [9.17, 15) is 22.8 Å². The maximum Gasteiger partial charge on any atom is 0.421 e. The third-order valence-corrected chi connectivity index (χ3v) is 8.09. The molecule has 36 heavy (non-hydrogen) atoms. The molecule has 10 nitrogen and oxygen atoms in total. The molecule has 196 valence electrons. The second-order valence-corrected chi connectivity index (χ2v) is 10.5. The van der Waals surface area contributed by atoms with Gasteiger partial charge in [0.15, 0.2) is 0 Å². The van der Waals surface area contributed by atoms with Gasteiger partial charge in [-0.1, -0.05) is 0 Å². The first-order valence-corrected chi connectivity index (χ1v) is 12.4. The first kappa shape index (κ1) is 23.9. The minimum absolute atomic E-state index is 0.0175. The molecule has 0 radical (unpaired) electrons. The van der Waals surface area contributed by atoms with Gasteiger partial charge < -0.3 is 19.3 Å². The highest BCUT2D eigenvalue weighted by molar-refractivity contribution is 5.94. The molecule has 4 aliphatic heterocycles. The van der Waals surface area contributed by atoms with Gasteiger partial charge in [-0.2, -0.15) is 18.7 Å². The predicted molar refractivity (Wildman–Crippen MR) is 118 cm³/mol. The third kappa shape index (κ3) is 4.42. The summed E-state index contributed by atoms with van der Waals surface area (Å²) in [5, 5.41) is 0. The van der Waals surface area contributed by atoms with E-state index in [-0.39, 0.29) is 48.5 Å². The van der Waals surface area contributed by atoms with Crippen LogP contribution in [0.2, 0.25) is 0 Å². The van der Waals surface area contributed by atoms with E-state index in [1.807, 2.05) is 4.90 Å². The Balaban J connectivity index is 1.08. The summed E-state index contributed by atoms with van der Waals surface area (Å²) in [7, 11) is 0. The van der Waals surface area contributed by atoms with E-state index in [4.69, 9.17) is 9.47 Å². The molecule has 6 rings (SSSR count). The van der Waals surface area contributed by atoms with Crippen molar-refractivity contribution in [2.45, 2.75) is 43.6 Å². The molecule has 1 aromatic rings. The number of aromatic nitrogens is 1. The first-order chi connectivity index (χ1) is 17.3. The molecule has 5 aliphatic rings. The van der Waals surface area contributed by atoms with Crippen LogP contribution in [0.3, 0.4) is 0 Å². The van der Waals surface area contributed by atoms with Crippen LogP contribution in [0.4, 0.5) is 13.2 Å². The van der Waals surface area contributed by atoms with Gasteiger partial charge in [-0.3, -0.25) is 9.59 Å². The molecular formula is C23H29F3N6O4. The number of pyridine rings is 1. The molecule has 3 N–H and O–H groups in total. The van der Waals surface area contributed by atoms with Crippen molar-refractivity contribution in [2.24, 2.45) is 17.8 Å². The van der Waals surface area contributed by atoms with E-state index in [0.29, 0.717) is 32.2 Å². The molecule has 13 heteroatoms. The number of nitrogens with one attached hydrogen (secondary N) is 3. The van der Waals surface area contributed by atoms with Crippen molar-refractivity contribution in [1.29, 1.82) is 0 Å². The van der Waals surface area contributed by atoms with Gasteiger partial charge in [0, 0.05) is 62.2 Å². The molecule has 3 unspecified atom stereocenters. The van der Waals surface area contributed by atoms with Gasteiger partial charge in [-0.05, 0) is 25.3 Å². The Morgan fingerprint density at radius 2 is 1.72 bits per heavy atom. The summed E-state index contributed by atoms with van der Waals surface area (Å²) < 4.78 is 51.2. The summed E-state index contributed by atoms with van der Waals surface area (Å²) in [6.07, 6.45) is -1.48. The van der Waals surface area contributed by atoms with Crippen LogP contribution in [0, 0.1) is 17.8 Å². The number of hydrogen-bond acceptors (Lipinski definition) is 8. The number of alkyl halides is 3. The van der Waals surface area contributed by atoms with Gasteiger partial charge in [-0.25, -0.2) is 15.8 Å². The number of hydrogen-bond donors (Lipinski definition) is 3. The van der Waals surface area contributed by atoms with Gasteiger partial charge >= 0.3 is 6.18 Å². The van der Waals surface area contributed by atoms with Crippen LogP contribution < -0.4 is 21.1 Å². The number of carbonyl (C=O) groups is 2. The SMILES string of the molecule is O=C(c1cnc(OC2COC2)c(C(F)(F)F)c1)N1C[C@@H]2CN(C(=O)C3CCC4NNNC4C3)C[C@H]2C1. The maximum atomic E-state index is 13.6. The summed E-state index contributed by atoms with van der Waals surface area (Å²) in [5.41, 5.74) is 8.11. The second kappa shape index (κ2) is 9.12. The number of ether oxygens (including phenoxy) is 2. The van der Waals surface area contributed by atoms with E-state index in [1.165, 1.54) is 0 Å². The minimum Gasteiger partial charge on any atom is -0.469 e. The summed E-state index contributed by atoms with van der Waals surface area (Å²) in [4.78, 5) is 33.6. The third-order valence-electron chi connectivity index (χ3n) is 8.09. The number of fused-ring (bicyclic) bond motifs is 2. The Morgan fingerprint density at radius 1 is 1.03 bits per heavy atom. The zero-order valence-electron chi connectivity index (χ0n) is 19.6. The average molecular weight is 511 g/mol. The molecule has 5 fully saturated rings. The topological polar surface area (TPSA) is 108 Å². The van der Waals surface area contributed by atoms with Crippen LogP contribution in [0.5, 0.6) is 5.88 Å². The van der Waals surface area contributed by atoms with Crippen molar-refractivity contribution in [3.05, 3.63) is 23.4 Å². The molecule has 5 atom stereocenters. The van der Waals surface area contributed by atoms with Crippen LogP contribution in [0.15, 0.2) is 12.3 Å². The Morgan fingerprint density at radius 3 is 2.39 bits per heavy atom. The van der Waals surface area contributed by atoms with Crippen molar-refractivity contribution in [2.75, 3.05) is 39.4 Å². The Kier molecular flexibility index (Phi) is 6.05. The molecule has 1 aliphatic carbocycles. The zero-order valence-corrected chi connectivity index (χ0v) is 19.6. The van der Waals surface area contributed by atoms with E-state index >= 15 is 0 Å². The van der Waals surface area contributed by atoms with Crippen molar-refractivity contribution >= 4 is 11.8 Å². The minimum atomic E-state index is -4.70. The lowest BCUT2D eigenvalue weighted by atomic mass is 9.82. The van der Waals surface area contributed by atoms with Crippen molar-refractivity contribution < 1.29 is 32.2 Å². The van der Waals surface area contributed by atoms with Crippen LogP contribution in [-0.2, 0) is 15.7 Å². The molecule has 0 bridgehead atoms. The summed E-state index contributed by atoms with van der Waals surface area (Å²) in [5.74, 6) is -0.619. The zero-order chi connectivity index (χ0) is 25.0. The highest BCUT2D eigenvalue weighted by atomic mass is 19.4. The highest BCUT2D eigenvalue weighted by Crippen LogP contribution is 2.38. The van der Waals surface area contributed by atoms with E-state index in [2.05, 4.69) is 21.4 Å². The number of amides is 2. The smallest absolute Gasteiger partial charge is 0.421 e. The normalized spacial score (nSPS) is 32.2. The molecule has 5 heterocycles. The van der Waals surface area contributed by atoms with Crippen LogP contribution in [0.25, 0.3) is 0 Å². The van der Waals surface area contributed by atoms with Gasteiger partial charge in [0.1, 0.15) is 11.7 Å². The molecule has 2 amide bonds. The lowest BCUT2D eigenvalue weighted by Crippen LogP contribution is -2.45. The van der Waals surface area contributed by atoms with Crippen LogP contribution >= 0.6 is 0 Å². The van der Waals surface area contributed by atoms with E-state index in [0.717, 1.165) is 31.5 Å².